The fourth-order valence-electron chi connectivity index (χ4n) is 1.75. The quantitative estimate of drug-likeness (QED) is 0.661. The number of anilines is 1. The summed E-state index contributed by atoms with van der Waals surface area (Å²) < 4.78 is 0. The first kappa shape index (κ1) is 9.00. The van der Waals surface area contributed by atoms with Gasteiger partial charge in [-0.25, -0.2) is 0 Å². The summed E-state index contributed by atoms with van der Waals surface area (Å²) in [5, 5.41) is 0. The van der Waals surface area contributed by atoms with Crippen molar-refractivity contribution < 1.29 is 4.79 Å². The maximum absolute atomic E-state index is 11.6. The molecule has 1 aromatic rings. The number of rotatable bonds is 1. The van der Waals surface area contributed by atoms with Crippen molar-refractivity contribution in [2.45, 2.75) is 19.4 Å². The summed E-state index contributed by atoms with van der Waals surface area (Å²) in [5.41, 5.74) is 0.742. The minimum absolute atomic E-state index is 0.0567. The molecule has 1 aliphatic heterocycles. The van der Waals surface area contributed by atoms with Gasteiger partial charge in [0.15, 0.2) is 0 Å². The van der Waals surface area contributed by atoms with Crippen molar-refractivity contribution >= 4 is 11.6 Å². The summed E-state index contributed by atoms with van der Waals surface area (Å²) >= 11 is 0. The van der Waals surface area contributed by atoms with Crippen LogP contribution < -0.4 is 4.90 Å². The highest BCUT2D eigenvalue weighted by molar-refractivity contribution is 6.05. The van der Waals surface area contributed by atoms with Crippen LogP contribution in [0.1, 0.15) is 13.8 Å². The first-order chi connectivity index (χ1) is 6.61. The molecule has 0 fully saturated rings. The summed E-state index contributed by atoms with van der Waals surface area (Å²) in [7, 11) is 0. The van der Waals surface area contributed by atoms with Crippen LogP contribution in [0.4, 0.5) is 5.69 Å². The standard InChI is InChI=1S/C12H13NO/c1-12(2)9-8-11(14)13(12)10-6-4-3-5-7-10/h3-9H,1-2H3. The predicted octanol–water partition coefficient (Wildman–Crippen LogP) is 2.37. The summed E-state index contributed by atoms with van der Waals surface area (Å²) in [5.74, 6) is 0.0567. The van der Waals surface area contributed by atoms with E-state index in [0.717, 1.165) is 5.69 Å². The normalized spacial score (nSPS) is 19.0. The maximum Gasteiger partial charge on any atom is 0.251 e. The minimum atomic E-state index is -0.210. The topological polar surface area (TPSA) is 20.3 Å². The van der Waals surface area contributed by atoms with Gasteiger partial charge in [-0.2, -0.15) is 0 Å². The van der Waals surface area contributed by atoms with E-state index in [2.05, 4.69) is 0 Å². The Morgan fingerprint density at radius 1 is 1.14 bits per heavy atom. The molecule has 0 saturated carbocycles. The van der Waals surface area contributed by atoms with Crippen molar-refractivity contribution in [1.82, 2.24) is 0 Å². The smallest absolute Gasteiger partial charge is 0.251 e. The zero-order chi connectivity index (χ0) is 10.2. The van der Waals surface area contributed by atoms with E-state index in [9.17, 15) is 4.79 Å². The van der Waals surface area contributed by atoms with Crippen molar-refractivity contribution in [2.75, 3.05) is 4.90 Å². The van der Waals surface area contributed by atoms with Gasteiger partial charge in [-0.3, -0.25) is 9.69 Å². The average Bonchev–Trinajstić information content (AvgIpc) is 2.42. The van der Waals surface area contributed by atoms with Crippen LogP contribution in [0.5, 0.6) is 0 Å². The second-order valence-corrected chi connectivity index (χ2v) is 4.00. The molecule has 0 saturated heterocycles. The molecule has 0 aliphatic carbocycles. The molecule has 0 atom stereocenters. The van der Waals surface area contributed by atoms with E-state index < -0.39 is 0 Å². The van der Waals surface area contributed by atoms with Crippen molar-refractivity contribution in [3.05, 3.63) is 42.5 Å². The zero-order valence-corrected chi connectivity index (χ0v) is 8.40. The van der Waals surface area contributed by atoms with Crippen molar-refractivity contribution in [3.8, 4) is 0 Å². The molecule has 2 rings (SSSR count). The van der Waals surface area contributed by atoms with E-state index in [4.69, 9.17) is 0 Å². The number of benzene rings is 1. The van der Waals surface area contributed by atoms with Gasteiger partial charge in [-0.1, -0.05) is 24.3 Å². The first-order valence-corrected chi connectivity index (χ1v) is 4.70. The molecule has 0 N–H and O–H groups in total. The molecule has 1 aromatic carbocycles. The molecule has 1 heterocycles. The Kier molecular flexibility index (Phi) is 1.92. The molecule has 0 radical (unpaired) electrons. The summed E-state index contributed by atoms with van der Waals surface area (Å²) in [6.07, 6.45) is 3.56. The molecule has 2 nitrogen and oxygen atoms in total. The van der Waals surface area contributed by atoms with Gasteiger partial charge < -0.3 is 0 Å². The number of hydrogen-bond acceptors (Lipinski definition) is 1. The van der Waals surface area contributed by atoms with Gasteiger partial charge in [0.2, 0.25) is 0 Å². The van der Waals surface area contributed by atoms with Crippen LogP contribution in [0.2, 0.25) is 0 Å². The highest BCUT2D eigenvalue weighted by atomic mass is 16.2. The summed E-state index contributed by atoms with van der Waals surface area (Å²) in [6.45, 7) is 4.06. The van der Waals surface area contributed by atoms with Gasteiger partial charge in [0.05, 0.1) is 5.54 Å². The molecule has 0 unspecified atom stereocenters. The largest absolute Gasteiger partial charge is 0.300 e. The van der Waals surface area contributed by atoms with Crippen LogP contribution in [0.25, 0.3) is 0 Å². The SMILES string of the molecule is CC1(C)C=CC(=O)N1c1ccccc1. The van der Waals surface area contributed by atoms with Gasteiger partial charge in [-0.05, 0) is 26.0 Å². The van der Waals surface area contributed by atoms with E-state index in [-0.39, 0.29) is 11.4 Å². The lowest BCUT2D eigenvalue weighted by molar-refractivity contribution is -0.114. The molecular formula is C12H13NO. The van der Waals surface area contributed by atoms with Crippen LogP contribution in [-0.4, -0.2) is 11.4 Å². The van der Waals surface area contributed by atoms with Crippen molar-refractivity contribution in [2.24, 2.45) is 0 Å². The Labute approximate surface area is 83.8 Å². The molecule has 72 valence electrons. The third kappa shape index (κ3) is 1.33. The lowest BCUT2D eigenvalue weighted by atomic mass is 10.1. The van der Waals surface area contributed by atoms with Gasteiger partial charge in [0.1, 0.15) is 0 Å². The Balaban J connectivity index is 2.41. The van der Waals surface area contributed by atoms with E-state index in [1.807, 2.05) is 50.3 Å². The van der Waals surface area contributed by atoms with Gasteiger partial charge in [0, 0.05) is 11.8 Å². The monoisotopic (exact) mass is 187 g/mol. The zero-order valence-electron chi connectivity index (χ0n) is 8.40. The number of para-hydroxylation sites is 1. The Hall–Kier alpha value is -1.57. The van der Waals surface area contributed by atoms with Crippen LogP contribution in [0, 0.1) is 0 Å². The minimum Gasteiger partial charge on any atom is -0.300 e. The van der Waals surface area contributed by atoms with Crippen LogP contribution in [0.15, 0.2) is 42.5 Å². The van der Waals surface area contributed by atoms with E-state index in [0.29, 0.717) is 0 Å². The number of carbonyl (C=O) groups is 1. The van der Waals surface area contributed by atoms with Crippen molar-refractivity contribution in [3.63, 3.8) is 0 Å². The van der Waals surface area contributed by atoms with Crippen LogP contribution in [0.3, 0.4) is 0 Å². The second kappa shape index (κ2) is 2.98. The van der Waals surface area contributed by atoms with Crippen LogP contribution in [-0.2, 0) is 4.79 Å². The molecular weight excluding hydrogens is 174 g/mol. The number of nitrogens with zero attached hydrogens (tertiary/aromatic N) is 1. The fourth-order valence-corrected chi connectivity index (χ4v) is 1.75. The molecule has 1 amide bonds. The summed E-state index contributed by atoms with van der Waals surface area (Å²) in [4.78, 5) is 13.4. The highest BCUT2D eigenvalue weighted by Gasteiger charge is 2.33. The van der Waals surface area contributed by atoms with E-state index in [1.165, 1.54) is 0 Å². The average molecular weight is 187 g/mol. The predicted molar refractivity (Wildman–Crippen MR) is 57.1 cm³/mol. The van der Waals surface area contributed by atoms with Crippen LogP contribution >= 0.6 is 0 Å². The molecule has 0 aromatic heterocycles. The third-order valence-corrected chi connectivity index (χ3v) is 2.44. The molecule has 14 heavy (non-hydrogen) atoms. The van der Waals surface area contributed by atoms with E-state index in [1.54, 1.807) is 11.0 Å². The lowest BCUT2D eigenvalue weighted by Gasteiger charge is -2.31. The van der Waals surface area contributed by atoms with Gasteiger partial charge in [-0.15, -0.1) is 0 Å². The summed E-state index contributed by atoms with van der Waals surface area (Å²) in [6, 6.07) is 9.73. The Bertz CT molecular complexity index is 379. The second-order valence-electron chi connectivity index (χ2n) is 4.00. The number of amides is 1. The molecule has 1 aliphatic rings. The molecule has 0 bridgehead atoms. The Morgan fingerprint density at radius 3 is 2.29 bits per heavy atom. The first-order valence-electron chi connectivity index (χ1n) is 4.70. The van der Waals surface area contributed by atoms with Gasteiger partial charge >= 0.3 is 0 Å². The van der Waals surface area contributed by atoms with Gasteiger partial charge in [0.25, 0.3) is 5.91 Å². The third-order valence-electron chi connectivity index (χ3n) is 2.44. The van der Waals surface area contributed by atoms with Crippen molar-refractivity contribution in [1.29, 1.82) is 0 Å². The highest BCUT2D eigenvalue weighted by Crippen LogP contribution is 2.29. The molecule has 0 spiro atoms. The number of carbonyl (C=O) groups excluding carboxylic acids is 1. The lowest BCUT2D eigenvalue weighted by Crippen LogP contribution is -2.41. The number of hydrogen-bond donors (Lipinski definition) is 0. The molecule has 2 heteroatoms. The maximum atomic E-state index is 11.6. The van der Waals surface area contributed by atoms with E-state index >= 15 is 0 Å². The Morgan fingerprint density at radius 2 is 1.79 bits per heavy atom. The fraction of sp³-hybridized carbons (Fsp3) is 0.250.